The Morgan fingerprint density at radius 2 is 1.82 bits per heavy atom. The van der Waals surface area contributed by atoms with Crippen LogP contribution < -0.4 is 0 Å². The molecule has 0 radical (unpaired) electrons. The van der Waals surface area contributed by atoms with Crippen LogP contribution >= 0.6 is 0 Å². The Morgan fingerprint density at radius 1 is 1.12 bits per heavy atom. The van der Waals surface area contributed by atoms with E-state index in [1.165, 1.54) is 0 Å². The monoisotopic (exact) mass is 228 g/mol. The molecule has 0 N–H and O–H groups in total. The van der Waals surface area contributed by atoms with Crippen molar-refractivity contribution in [1.29, 1.82) is 0 Å². The fourth-order valence-corrected chi connectivity index (χ4v) is 2.37. The third-order valence-electron chi connectivity index (χ3n) is 3.29. The average Bonchev–Trinajstić information content (AvgIpc) is 2.36. The summed E-state index contributed by atoms with van der Waals surface area (Å²) in [6.07, 6.45) is 1.53. The molecule has 1 heterocycles. The Labute approximate surface area is 99.1 Å². The first-order chi connectivity index (χ1) is 8.18. The molecule has 0 bridgehead atoms. The molecule has 1 aromatic rings. The molecular weight excluding hydrogens is 216 g/mol. The fraction of sp³-hybridized carbons (Fsp3) is 0.286. The van der Waals surface area contributed by atoms with Gasteiger partial charge in [-0.25, -0.2) is 0 Å². The number of allylic oxidation sites excluding steroid dienone is 1. The van der Waals surface area contributed by atoms with E-state index in [0.717, 1.165) is 12.0 Å². The van der Waals surface area contributed by atoms with E-state index in [-0.39, 0.29) is 6.10 Å². The van der Waals surface area contributed by atoms with Crippen molar-refractivity contribution >= 4 is 17.3 Å². The second-order valence-corrected chi connectivity index (χ2v) is 4.48. The molecule has 3 rings (SSSR count). The van der Waals surface area contributed by atoms with Gasteiger partial charge in [0.05, 0.1) is 6.10 Å². The van der Waals surface area contributed by atoms with Crippen molar-refractivity contribution in [3.05, 3.63) is 41.0 Å². The number of fused-ring (bicyclic) bond motifs is 2. The van der Waals surface area contributed by atoms with Crippen LogP contribution in [-0.2, 0) is 9.53 Å². The minimum absolute atomic E-state index is 0.0998. The first kappa shape index (κ1) is 10.3. The zero-order valence-corrected chi connectivity index (χ0v) is 9.53. The first-order valence-electron chi connectivity index (χ1n) is 5.76. The highest BCUT2D eigenvalue weighted by atomic mass is 16.5. The highest BCUT2D eigenvalue weighted by molar-refractivity contribution is 6.52. The van der Waals surface area contributed by atoms with Crippen molar-refractivity contribution in [1.82, 2.24) is 0 Å². The predicted molar refractivity (Wildman–Crippen MR) is 62.5 cm³/mol. The molecule has 0 spiro atoms. The topological polar surface area (TPSA) is 43.4 Å². The Balaban J connectivity index is 2.24. The van der Waals surface area contributed by atoms with Gasteiger partial charge in [-0.15, -0.1) is 0 Å². The molecule has 1 aliphatic carbocycles. The zero-order valence-electron chi connectivity index (χ0n) is 9.53. The number of carbonyl (C=O) groups excluding carboxylic acids is 2. The second-order valence-electron chi connectivity index (χ2n) is 4.48. The summed E-state index contributed by atoms with van der Waals surface area (Å²) in [5.74, 6) is -0.188. The third-order valence-corrected chi connectivity index (χ3v) is 3.29. The summed E-state index contributed by atoms with van der Waals surface area (Å²) < 4.78 is 5.74. The summed E-state index contributed by atoms with van der Waals surface area (Å²) >= 11 is 0. The van der Waals surface area contributed by atoms with Crippen LogP contribution in [0, 0.1) is 0 Å². The minimum Gasteiger partial charge on any atom is -0.490 e. The van der Waals surface area contributed by atoms with E-state index >= 15 is 0 Å². The second kappa shape index (κ2) is 3.55. The van der Waals surface area contributed by atoms with Gasteiger partial charge in [-0.2, -0.15) is 0 Å². The van der Waals surface area contributed by atoms with Gasteiger partial charge >= 0.3 is 0 Å². The molecule has 1 aromatic carbocycles. The highest BCUT2D eigenvalue weighted by Crippen LogP contribution is 2.37. The quantitative estimate of drug-likeness (QED) is 0.640. The van der Waals surface area contributed by atoms with Gasteiger partial charge in [0.2, 0.25) is 11.6 Å². The van der Waals surface area contributed by atoms with Gasteiger partial charge in [0.1, 0.15) is 5.76 Å². The van der Waals surface area contributed by atoms with E-state index in [1.807, 2.05) is 19.1 Å². The maximum atomic E-state index is 11.9. The average molecular weight is 228 g/mol. The van der Waals surface area contributed by atoms with E-state index in [0.29, 0.717) is 23.3 Å². The van der Waals surface area contributed by atoms with Crippen molar-refractivity contribution in [2.75, 3.05) is 0 Å². The Bertz CT molecular complexity index is 554. The maximum Gasteiger partial charge on any atom is 0.234 e. The molecule has 17 heavy (non-hydrogen) atoms. The Kier molecular flexibility index (Phi) is 2.15. The van der Waals surface area contributed by atoms with Gasteiger partial charge < -0.3 is 4.74 Å². The number of ether oxygens (including phenoxy) is 1. The number of Topliss-reactive ketones (excluding diaryl/α,β-unsaturated/α-hetero) is 2. The lowest BCUT2D eigenvalue weighted by atomic mass is 9.85. The van der Waals surface area contributed by atoms with E-state index in [1.54, 1.807) is 12.1 Å². The standard InChI is InChI=1S/C14H12O3/c1-8-6-7-11-13(16)12(15)9-4-2-3-5-10(9)14(11)17-8/h2-5,8H,6-7H2,1H3/t8-/m0/s1. The molecule has 1 aliphatic heterocycles. The van der Waals surface area contributed by atoms with Crippen LogP contribution in [0.25, 0.3) is 5.76 Å². The molecular formula is C14H12O3. The molecule has 86 valence electrons. The molecule has 0 fully saturated rings. The Hall–Kier alpha value is -1.90. The largest absolute Gasteiger partial charge is 0.490 e. The number of hydrogen-bond donors (Lipinski definition) is 0. The van der Waals surface area contributed by atoms with Gasteiger partial charge in [0.25, 0.3) is 0 Å². The molecule has 0 unspecified atom stereocenters. The first-order valence-corrected chi connectivity index (χ1v) is 5.76. The molecule has 2 aliphatic rings. The van der Waals surface area contributed by atoms with E-state index < -0.39 is 11.6 Å². The SMILES string of the molecule is C[C@H]1CCC2=C(O1)c1ccccc1C(=O)C2=O. The van der Waals surface area contributed by atoms with Gasteiger partial charge in [-0.1, -0.05) is 24.3 Å². The molecule has 0 aromatic heterocycles. The van der Waals surface area contributed by atoms with Gasteiger partial charge in [0.15, 0.2) is 0 Å². The summed E-state index contributed by atoms with van der Waals surface area (Å²) in [5.41, 5.74) is 1.77. The van der Waals surface area contributed by atoms with Crippen molar-refractivity contribution in [3.63, 3.8) is 0 Å². The molecule has 0 amide bonds. The summed E-state index contributed by atoms with van der Waals surface area (Å²) in [5, 5.41) is 0. The van der Waals surface area contributed by atoms with Crippen molar-refractivity contribution in [2.24, 2.45) is 0 Å². The lowest BCUT2D eigenvalue weighted by Crippen LogP contribution is -2.29. The molecule has 3 nitrogen and oxygen atoms in total. The van der Waals surface area contributed by atoms with Crippen molar-refractivity contribution < 1.29 is 14.3 Å². The van der Waals surface area contributed by atoms with Crippen LogP contribution in [0.2, 0.25) is 0 Å². The van der Waals surface area contributed by atoms with Gasteiger partial charge in [-0.3, -0.25) is 9.59 Å². The zero-order chi connectivity index (χ0) is 12.0. The lowest BCUT2D eigenvalue weighted by molar-refractivity contribution is -0.112. The lowest BCUT2D eigenvalue weighted by Gasteiger charge is -2.29. The van der Waals surface area contributed by atoms with Crippen LogP contribution in [0.4, 0.5) is 0 Å². The fourth-order valence-electron chi connectivity index (χ4n) is 2.37. The van der Waals surface area contributed by atoms with E-state index in [9.17, 15) is 9.59 Å². The number of benzene rings is 1. The van der Waals surface area contributed by atoms with E-state index in [2.05, 4.69) is 0 Å². The number of ketones is 2. The van der Waals surface area contributed by atoms with Crippen LogP contribution in [-0.4, -0.2) is 17.7 Å². The van der Waals surface area contributed by atoms with Crippen molar-refractivity contribution in [3.8, 4) is 0 Å². The number of carbonyl (C=O) groups is 2. The van der Waals surface area contributed by atoms with Gasteiger partial charge in [-0.05, 0) is 19.8 Å². The smallest absolute Gasteiger partial charge is 0.234 e. The number of hydrogen-bond acceptors (Lipinski definition) is 3. The minimum atomic E-state index is -0.405. The highest BCUT2D eigenvalue weighted by Gasteiger charge is 2.36. The van der Waals surface area contributed by atoms with E-state index in [4.69, 9.17) is 4.74 Å². The molecule has 3 heteroatoms. The normalized spacial score (nSPS) is 23.0. The van der Waals surface area contributed by atoms with Crippen LogP contribution in [0.5, 0.6) is 0 Å². The Morgan fingerprint density at radius 3 is 2.59 bits per heavy atom. The number of rotatable bonds is 0. The molecule has 0 saturated carbocycles. The summed E-state index contributed by atoms with van der Waals surface area (Å²) in [6.45, 7) is 1.98. The summed E-state index contributed by atoms with van der Waals surface area (Å²) in [4.78, 5) is 23.9. The summed E-state index contributed by atoms with van der Waals surface area (Å²) in [6, 6.07) is 7.14. The van der Waals surface area contributed by atoms with Crippen LogP contribution in [0.3, 0.4) is 0 Å². The molecule has 1 atom stereocenters. The summed E-state index contributed by atoms with van der Waals surface area (Å²) in [7, 11) is 0. The van der Waals surface area contributed by atoms with Gasteiger partial charge in [0, 0.05) is 16.7 Å². The maximum absolute atomic E-state index is 11.9. The predicted octanol–water partition coefficient (Wildman–Crippen LogP) is 2.36. The molecule has 0 saturated heterocycles. The van der Waals surface area contributed by atoms with Crippen LogP contribution in [0.1, 0.15) is 35.7 Å². The van der Waals surface area contributed by atoms with Crippen molar-refractivity contribution in [2.45, 2.75) is 25.9 Å². The van der Waals surface area contributed by atoms with Crippen LogP contribution in [0.15, 0.2) is 29.8 Å². The third kappa shape index (κ3) is 1.42.